The van der Waals surface area contributed by atoms with Crippen molar-refractivity contribution in [3.8, 4) is 0 Å². The average Bonchev–Trinajstić information content (AvgIpc) is 3.00. The molecule has 6 heteroatoms. The van der Waals surface area contributed by atoms with E-state index in [0.717, 1.165) is 22.7 Å². The molecule has 1 unspecified atom stereocenters. The van der Waals surface area contributed by atoms with E-state index in [1.165, 1.54) is 0 Å². The van der Waals surface area contributed by atoms with Crippen molar-refractivity contribution in [2.45, 2.75) is 32.7 Å². The van der Waals surface area contributed by atoms with Crippen LogP contribution in [0.3, 0.4) is 0 Å². The number of benzene rings is 1. The summed E-state index contributed by atoms with van der Waals surface area (Å²) in [6, 6.07) is 7.50. The summed E-state index contributed by atoms with van der Waals surface area (Å²) >= 11 is 3.44. The van der Waals surface area contributed by atoms with Gasteiger partial charge in [0.05, 0.1) is 4.47 Å². The Morgan fingerprint density at radius 3 is 2.88 bits per heavy atom. The maximum absolute atomic E-state index is 12.8. The number of rotatable bonds is 3. The highest BCUT2D eigenvalue weighted by Gasteiger charge is 2.27. The van der Waals surface area contributed by atoms with Gasteiger partial charge in [-0.15, -0.1) is 0 Å². The SMILES string of the molecule is CC(C)C(=O)NC1CCCN(C(=O)c2cc3cccc(Br)c3o2)C1. The predicted octanol–water partition coefficient (Wildman–Crippen LogP) is 3.57. The Hall–Kier alpha value is -1.82. The fourth-order valence-corrected chi connectivity index (χ4v) is 3.40. The van der Waals surface area contributed by atoms with E-state index in [2.05, 4.69) is 21.2 Å². The highest BCUT2D eigenvalue weighted by atomic mass is 79.9. The van der Waals surface area contributed by atoms with Gasteiger partial charge >= 0.3 is 0 Å². The third kappa shape index (κ3) is 3.48. The second-order valence-electron chi connectivity index (χ2n) is 6.52. The van der Waals surface area contributed by atoms with Gasteiger partial charge in [0.1, 0.15) is 5.58 Å². The molecule has 2 aromatic rings. The van der Waals surface area contributed by atoms with Gasteiger partial charge in [0, 0.05) is 30.4 Å². The Kier molecular flexibility index (Phi) is 4.94. The summed E-state index contributed by atoms with van der Waals surface area (Å²) in [7, 11) is 0. The molecule has 0 aliphatic carbocycles. The number of fused-ring (bicyclic) bond motifs is 1. The third-order valence-corrected chi connectivity index (χ3v) is 4.91. The van der Waals surface area contributed by atoms with Gasteiger partial charge in [0.25, 0.3) is 5.91 Å². The van der Waals surface area contributed by atoms with Crippen LogP contribution in [-0.2, 0) is 4.79 Å². The zero-order valence-corrected chi connectivity index (χ0v) is 15.4. The van der Waals surface area contributed by atoms with Crippen molar-refractivity contribution in [1.29, 1.82) is 0 Å². The van der Waals surface area contributed by atoms with E-state index in [0.29, 0.717) is 24.4 Å². The fraction of sp³-hybridized carbons (Fsp3) is 0.444. The molecule has 1 N–H and O–H groups in total. The van der Waals surface area contributed by atoms with E-state index < -0.39 is 0 Å². The summed E-state index contributed by atoms with van der Waals surface area (Å²) in [6.45, 7) is 4.95. The lowest BCUT2D eigenvalue weighted by Crippen LogP contribution is -2.50. The number of para-hydroxylation sites is 1. The van der Waals surface area contributed by atoms with Crippen molar-refractivity contribution in [3.05, 3.63) is 34.5 Å². The van der Waals surface area contributed by atoms with Gasteiger partial charge in [-0.1, -0.05) is 26.0 Å². The second kappa shape index (κ2) is 6.97. The molecule has 1 aromatic heterocycles. The van der Waals surface area contributed by atoms with E-state index in [1.807, 2.05) is 32.0 Å². The Morgan fingerprint density at radius 2 is 2.17 bits per heavy atom. The van der Waals surface area contributed by atoms with Crippen LogP contribution in [0, 0.1) is 5.92 Å². The molecule has 0 radical (unpaired) electrons. The lowest BCUT2D eigenvalue weighted by molar-refractivity contribution is -0.125. The first-order valence-corrected chi connectivity index (χ1v) is 9.02. The zero-order valence-electron chi connectivity index (χ0n) is 13.8. The standard InChI is InChI=1S/C18H21BrN2O3/c1-11(2)17(22)20-13-6-4-8-21(10-13)18(23)15-9-12-5-3-7-14(19)16(12)24-15/h3,5,7,9,11,13H,4,6,8,10H2,1-2H3,(H,20,22). The van der Waals surface area contributed by atoms with Crippen molar-refractivity contribution in [2.75, 3.05) is 13.1 Å². The second-order valence-corrected chi connectivity index (χ2v) is 7.38. The largest absolute Gasteiger partial charge is 0.450 e. The van der Waals surface area contributed by atoms with Crippen molar-refractivity contribution in [1.82, 2.24) is 10.2 Å². The minimum Gasteiger partial charge on any atom is -0.450 e. The molecule has 128 valence electrons. The molecular weight excluding hydrogens is 372 g/mol. The van der Waals surface area contributed by atoms with Crippen LogP contribution >= 0.6 is 15.9 Å². The van der Waals surface area contributed by atoms with Crippen LogP contribution in [0.1, 0.15) is 37.2 Å². The van der Waals surface area contributed by atoms with Crippen LogP contribution in [-0.4, -0.2) is 35.8 Å². The normalized spacial score (nSPS) is 18.2. The van der Waals surface area contributed by atoms with Crippen LogP contribution in [0.4, 0.5) is 0 Å². The Morgan fingerprint density at radius 1 is 1.38 bits per heavy atom. The quantitative estimate of drug-likeness (QED) is 0.867. The molecule has 1 aromatic carbocycles. The molecule has 1 fully saturated rings. The van der Waals surface area contributed by atoms with Crippen LogP contribution in [0.15, 0.2) is 33.2 Å². The smallest absolute Gasteiger partial charge is 0.289 e. The number of amides is 2. The van der Waals surface area contributed by atoms with Gasteiger partial charge in [-0.2, -0.15) is 0 Å². The summed E-state index contributed by atoms with van der Waals surface area (Å²) in [5, 5.41) is 3.92. The molecule has 1 aliphatic rings. The monoisotopic (exact) mass is 392 g/mol. The van der Waals surface area contributed by atoms with Crippen LogP contribution in [0.25, 0.3) is 11.0 Å². The van der Waals surface area contributed by atoms with E-state index in [-0.39, 0.29) is 23.8 Å². The first-order valence-electron chi connectivity index (χ1n) is 8.23. The first-order chi connectivity index (χ1) is 11.5. The number of nitrogens with zero attached hydrogens (tertiary/aromatic N) is 1. The van der Waals surface area contributed by atoms with Gasteiger partial charge in [0.2, 0.25) is 5.91 Å². The molecule has 0 spiro atoms. The number of hydrogen-bond acceptors (Lipinski definition) is 3. The van der Waals surface area contributed by atoms with Gasteiger partial charge in [0.15, 0.2) is 5.76 Å². The van der Waals surface area contributed by atoms with Crippen molar-refractivity contribution < 1.29 is 14.0 Å². The molecule has 1 atom stereocenters. The molecule has 1 aliphatic heterocycles. The lowest BCUT2D eigenvalue weighted by atomic mass is 10.0. The number of carbonyl (C=O) groups is 2. The number of furan rings is 1. The molecular formula is C18H21BrN2O3. The lowest BCUT2D eigenvalue weighted by Gasteiger charge is -2.33. The fourth-order valence-electron chi connectivity index (χ4n) is 2.94. The molecule has 3 rings (SSSR count). The molecule has 1 saturated heterocycles. The van der Waals surface area contributed by atoms with Crippen molar-refractivity contribution in [3.63, 3.8) is 0 Å². The van der Waals surface area contributed by atoms with Gasteiger partial charge in [-0.25, -0.2) is 0 Å². The average molecular weight is 393 g/mol. The number of piperidine rings is 1. The van der Waals surface area contributed by atoms with Gasteiger partial charge in [-0.3, -0.25) is 9.59 Å². The third-order valence-electron chi connectivity index (χ3n) is 4.29. The zero-order chi connectivity index (χ0) is 17.3. The molecule has 5 nitrogen and oxygen atoms in total. The van der Waals surface area contributed by atoms with E-state index in [4.69, 9.17) is 4.42 Å². The first kappa shape index (κ1) is 17.0. The van der Waals surface area contributed by atoms with E-state index in [9.17, 15) is 9.59 Å². The number of nitrogens with one attached hydrogen (secondary N) is 1. The Bertz CT molecular complexity index is 769. The van der Waals surface area contributed by atoms with Crippen LogP contribution in [0.2, 0.25) is 0 Å². The summed E-state index contributed by atoms with van der Waals surface area (Å²) in [4.78, 5) is 26.4. The number of hydrogen-bond donors (Lipinski definition) is 1. The summed E-state index contributed by atoms with van der Waals surface area (Å²) in [6.07, 6.45) is 1.77. The summed E-state index contributed by atoms with van der Waals surface area (Å²) in [5.41, 5.74) is 0.683. The highest BCUT2D eigenvalue weighted by Crippen LogP contribution is 2.28. The number of halogens is 1. The van der Waals surface area contributed by atoms with Crippen molar-refractivity contribution >= 4 is 38.7 Å². The highest BCUT2D eigenvalue weighted by molar-refractivity contribution is 9.10. The van der Waals surface area contributed by atoms with E-state index in [1.54, 1.807) is 11.0 Å². The van der Waals surface area contributed by atoms with Crippen molar-refractivity contribution in [2.24, 2.45) is 5.92 Å². The predicted molar refractivity (Wildman–Crippen MR) is 95.8 cm³/mol. The maximum atomic E-state index is 12.8. The summed E-state index contributed by atoms with van der Waals surface area (Å²) in [5.74, 6) is 0.195. The topological polar surface area (TPSA) is 62.6 Å². The molecule has 0 saturated carbocycles. The molecule has 2 amide bonds. The minimum atomic E-state index is -0.124. The van der Waals surface area contributed by atoms with E-state index >= 15 is 0 Å². The van der Waals surface area contributed by atoms with Crippen LogP contribution in [0.5, 0.6) is 0 Å². The summed E-state index contributed by atoms with van der Waals surface area (Å²) < 4.78 is 6.58. The maximum Gasteiger partial charge on any atom is 0.289 e. The van der Waals surface area contributed by atoms with Gasteiger partial charge < -0.3 is 14.6 Å². The minimum absolute atomic E-state index is 0.00807. The van der Waals surface area contributed by atoms with Gasteiger partial charge in [-0.05, 0) is 40.9 Å². The number of carbonyl (C=O) groups excluding carboxylic acids is 2. The molecule has 24 heavy (non-hydrogen) atoms. The Labute approximate surface area is 149 Å². The van der Waals surface area contributed by atoms with Crippen LogP contribution < -0.4 is 5.32 Å². The molecule has 0 bridgehead atoms. The number of likely N-dealkylation sites (tertiary alicyclic amines) is 1. The Balaban J connectivity index is 1.73. The molecule has 2 heterocycles.